The first-order chi connectivity index (χ1) is 8.20. The van der Waals surface area contributed by atoms with E-state index in [1.54, 1.807) is 7.11 Å². The van der Waals surface area contributed by atoms with Crippen LogP contribution in [0.15, 0.2) is 0 Å². The van der Waals surface area contributed by atoms with Crippen molar-refractivity contribution in [3.63, 3.8) is 0 Å². The number of nitrogens with one attached hydrogen (secondary N) is 1. The van der Waals surface area contributed by atoms with Crippen LogP contribution in [0.1, 0.15) is 38.5 Å². The van der Waals surface area contributed by atoms with Gasteiger partial charge in [-0.1, -0.05) is 6.42 Å². The van der Waals surface area contributed by atoms with Gasteiger partial charge in [0.2, 0.25) is 0 Å². The minimum Gasteiger partial charge on any atom is -0.481 e. The molecule has 0 radical (unpaired) electrons. The van der Waals surface area contributed by atoms with E-state index in [9.17, 15) is 4.79 Å². The van der Waals surface area contributed by atoms with Gasteiger partial charge in [-0.05, 0) is 38.0 Å². The van der Waals surface area contributed by atoms with Crippen LogP contribution in [0.5, 0.6) is 0 Å². The van der Waals surface area contributed by atoms with E-state index in [2.05, 4.69) is 5.32 Å². The predicted octanol–water partition coefficient (Wildman–Crippen LogP) is 1.64. The maximum atomic E-state index is 11.0. The van der Waals surface area contributed by atoms with Crippen LogP contribution in [0.3, 0.4) is 0 Å². The Hall–Kier alpha value is -0.610. The standard InChI is InChI=1S/C13H23NO3/c1-17-8-12(9-5-6-9)14-11-4-2-3-10(7-11)13(15)16/h9-12,14H,2-8H2,1H3,(H,15,16). The van der Waals surface area contributed by atoms with Crippen molar-refractivity contribution in [3.05, 3.63) is 0 Å². The van der Waals surface area contributed by atoms with Crippen molar-refractivity contribution in [2.24, 2.45) is 11.8 Å². The Morgan fingerprint density at radius 3 is 2.76 bits per heavy atom. The third kappa shape index (κ3) is 3.68. The number of carbonyl (C=O) groups is 1. The van der Waals surface area contributed by atoms with Gasteiger partial charge >= 0.3 is 5.97 Å². The molecule has 0 amide bonds. The Morgan fingerprint density at radius 2 is 2.18 bits per heavy atom. The van der Waals surface area contributed by atoms with E-state index < -0.39 is 5.97 Å². The van der Waals surface area contributed by atoms with Crippen molar-refractivity contribution in [2.75, 3.05) is 13.7 Å². The molecule has 2 saturated carbocycles. The first-order valence-corrected chi connectivity index (χ1v) is 6.68. The van der Waals surface area contributed by atoms with Gasteiger partial charge in [0, 0.05) is 19.2 Å². The highest BCUT2D eigenvalue weighted by atomic mass is 16.5. The Bertz CT molecular complexity index is 265. The average molecular weight is 241 g/mol. The lowest BCUT2D eigenvalue weighted by molar-refractivity contribution is -0.143. The summed E-state index contributed by atoms with van der Waals surface area (Å²) in [4.78, 5) is 11.0. The summed E-state index contributed by atoms with van der Waals surface area (Å²) < 4.78 is 5.24. The quantitative estimate of drug-likeness (QED) is 0.742. The zero-order chi connectivity index (χ0) is 12.3. The van der Waals surface area contributed by atoms with Crippen molar-refractivity contribution >= 4 is 5.97 Å². The van der Waals surface area contributed by atoms with Crippen LogP contribution in [0.2, 0.25) is 0 Å². The molecule has 0 aliphatic heterocycles. The number of carboxylic acid groups (broad SMARTS) is 1. The van der Waals surface area contributed by atoms with Gasteiger partial charge in [-0.2, -0.15) is 0 Å². The van der Waals surface area contributed by atoms with E-state index in [0.717, 1.165) is 38.2 Å². The lowest BCUT2D eigenvalue weighted by atomic mass is 9.85. The van der Waals surface area contributed by atoms with Crippen molar-refractivity contribution < 1.29 is 14.6 Å². The lowest BCUT2D eigenvalue weighted by Gasteiger charge is -2.31. The van der Waals surface area contributed by atoms with Crippen molar-refractivity contribution in [2.45, 2.75) is 50.6 Å². The largest absolute Gasteiger partial charge is 0.481 e. The average Bonchev–Trinajstić information content (AvgIpc) is 3.13. The molecule has 2 N–H and O–H groups in total. The molecule has 2 rings (SSSR count). The zero-order valence-corrected chi connectivity index (χ0v) is 10.5. The second-order valence-electron chi connectivity index (χ2n) is 5.46. The molecule has 0 spiro atoms. The van der Waals surface area contributed by atoms with Crippen molar-refractivity contribution in [1.29, 1.82) is 0 Å². The molecule has 2 aliphatic carbocycles. The fourth-order valence-electron chi connectivity index (χ4n) is 2.87. The molecule has 0 aromatic rings. The highest BCUT2D eigenvalue weighted by Crippen LogP contribution is 2.34. The topological polar surface area (TPSA) is 58.6 Å². The molecule has 2 aliphatic rings. The van der Waals surface area contributed by atoms with Gasteiger partial charge in [0.15, 0.2) is 0 Å². The smallest absolute Gasteiger partial charge is 0.306 e. The van der Waals surface area contributed by atoms with E-state index in [1.807, 2.05) is 0 Å². The fourth-order valence-corrected chi connectivity index (χ4v) is 2.87. The molecule has 0 aromatic carbocycles. The molecular weight excluding hydrogens is 218 g/mol. The van der Waals surface area contributed by atoms with Crippen LogP contribution in [0.25, 0.3) is 0 Å². The second kappa shape index (κ2) is 5.83. The first-order valence-electron chi connectivity index (χ1n) is 6.68. The summed E-state index contributed by atoms with van der Waals surface area (Å²) >= 11 is 0. The third-order valence-corrected chi connectivity index (χ3v) is 4.01. The molecule has 4 nitrogen and oxygen atoms in total. The summed E-state index contributed by atoms with van der Waals surface area (Å²) in [6.07, 6.45) is 6.33. The number of aliphatic carboxylic acids is 1. The summed E-state index contributed by atoms with van der Waals surface area (Å²) in [6, 6.07) is 0.795. The Morgan fingerprint density at radius 1 is 1.41 bits per heavy atom. The monoisotopic (exact) mass is 241 g/mol. The SMILES string of the molecule is COCC(NC1CCCC(C(=O)O)C1)C1CC1. The number of hydrogen-bond acceptors (Lipinski definition) is 3. The van der Waals surface area contributed by atoms with E-state index in [4.69, 9.17) is 9.84 Å². The fraction of sp³-hybridized carbons (Fsp3) is 0.923. The highest BCUT2D eigenvalue weighted by Gasteiger charge is 2.34. The second-order valence-corrected chi connectivity index (χ2v) is 5.46. The van der Waals surface area contributed by atoms with Gasteiger partial charge in [0.05, 0.1) is 12.5 Å². The molecule has 2 fully saturated rings. The summed E-state index contributed by atoms with van der Waals surface area (Å²) in [5.41, 5.74) is 0. The minimum atomic E-state index is -0.633. The molecule has 0 aromatic heterocycles. The number of hydrogen-bond donors (Lipinski definition) is 2. The van der Waals surface area contributed by atoms with Gasteiger partial charge in [0.25, 0.3) is 0 Å². The molecule has 98 valence electrons. The van der Waals surface area contributed by atoms with Gasteiger partial charge in [-0.25, -0.2) is 0 Å². The summed E-state index contributed by atoms with van der Waals surface area (Å²) in [5.74, 6) is -0.0324. The number of ether oxygens (including phenoxy) is 1. The van der Waals surface area contributed by atoms with E-state index in [-0.39, 0.29) is 5.92 Å². The molecular formula is C13H23NO3. The van der Waals surface area contributed by atoms with Crippen LogP contribution >= 0.6 is 0 Å². The minimum absolute atomic E-state index is 0.149. The van der Waals surface area contributed by atoms with Crippen LogP contribution in [-0.4, -0.2) is 36.9 Å². The van der Waals surface area contributed by atoms with Gasteiger partial charge in [0.1, 0.15) is 0 Å². The van der Waals surface area contributed by atoms with Crippen LogP contribution < -0.4 is 5.32 Å². The number of carboxylic acids is 1. The van der Waals surface area contributed by atoms with Crippen LogP contribution in [-0.2, 0) is 9.53 Å². The maximum Gasteiger partial charge on any atom is 0.306 e. The molecule has 3 atom stereocenters. The summed E-state index contributed by atoms with van der Waals surface area (Å²) in [7, 11) is 1.73. The van der Waals surface area contributed by atoms with E-state index in [0.29, 0.717) is 12.1 Å². The lowest BCUT2D eigenvalue weighted by Crippen LogP contribution is -2.45. The van der Waals surface area contributed by atoms with Crippen molar-refractivity contribution in [1.82, 2.24) is 5.32 Å². The van der Waals surface area contributed by atoms with E-state index in [1.165, 1.54) is 12.8 Å². The zero-order valence-electron chi connectivity index (χ0n) is 10.5. The first kappa shape index (κ1) is 12.8. The predicted molar refractivity (Wildman–Crippen MR) is 64.9 cm³/mol. The molecule has 17 heavy (non-hydrogen) atoms. The molecule has 3 unspecified atom stereocenters. The van der Waals surface area contributed by atoms with E-state index >= 15 is 0 Å². The molecule has 4 heteroatoms. The van der Waals surface area contributed by atoms with Crippen LogP contribution in [0, 0.1) is 11.8 Å². The maximum absolute atomic E-state index is 11.0. The van der Waals surface area contributed by atoms with Gasteiger partial charge < -0.3 is 15.2 Å². The third-order valence-electron chi connectivity index (χ3n) is 4.01. The summed E-state index contributed by atoms with van der Waals surface area (Å²) in [6.45, 7) is 0.749. The summed E-state index contributed by atoms with van der Waals surface area (Å²) in [5, 5.41) is 12.7. The normalized spacial score (nSPS) is 31.1. The van der Waals surface area contributed by atoms with Gasteiger partial charge in [-0.15, -0.1) is 0 Å². The molecule has 0 saturated heterocycles. The van der Waals surface area contributed by atoms with Crippen LogP contribution in [0.4, 0.5) is 0 Å². The Kier molecular flexibility index (Phi) is 4.40. The Labute approximate surface area is 103 Å². The Balaban J connectivity index is 1.82. The van der Waals surface area contributed by atoms with Crippen molar-refractivity contribution in [3.8, 4) is 0 Å². The molecule has 0 bridgehead atoms. The number of rotatable bonds is 6. The van der Waals surface area contributed by atoms with Gasteiger partial charge in [-0.3, -0.25) is 4.79 Å². The highest BCUT2D eigenvalue weighted by molar-refractivity contribution is 5.70. The molecule has 0 heterocycles. The number of methoxy groups -OCH3 is 1.